The van der Waals surface area contributed by atoms with Gasteiger partial charge < -0.3 is 14.2 Å². The SMILES string of the molecule is O=C(OCCc1ccccc1)c1ccc(OC(=O)c2ccccc2OCCc2ccccc2)cc1. The summed E-state index contributed by atoms with van der Waals surface area (Å²) in [5.41, 5.74) is 2.99. The smallest absolute Gasteiger partial charge is 0.347 e. The number of hydrogen-bond acceptors (Lipinski definition) is 5. The third kappa shape index (κ3) is 7.05. The molecule has 5 nitrogen and oxygen atoms in total. The Bertz CT molecular complexity index is 1230. The van der Waals surface area contributed by atoms with E-state index >= 15 is 0 Å². The van der Waals surface area contributed by atoms with Crippen molar-refractivity contribution in [3.05, 3.63) is 131 Å². The van der Waals surface area contributed by atoms with Gasteiger partial charge in [0.25, 0.3) is 0 Å². The molecule has 0 radical (unpaired) electrons. The molecule has 0 spiro atoms. The Morgan fingerprint density at radius 2 is 1.14 bits per heavy atom. The van der Waals surface area contributed by atoms with E-state index in [1.807, 2.05) is 66.7 Å². The molecule has 4 rings (SSSR count). The van der Waals surface area contributed by atoms with E-state index in [1.165, 1.54) is 0 Å². The van der Waals surface area contributed by atoms with Crippen LogP contribution in [0, 0.1) is 0 Å². The van der Waals surface area contributed by atoms with Crippen molar-refractivity contribution in [2.45, 2.75) is 12.8 Å². The fraction of sp³-hybridized carbons (Fsp3) is 0.133. The van der Waals surface area contributed by atoms with Crippen molar-refractivity contribution in [3.8, 4) is 11.5 Å². The Kier molecular flexibility index (Phi) is 8.28. The van der Waals surface area contributed by atoms with E-state index in [2.05, 4.69) is 0 Å². The lowest BCUT2D eigenvalue weighted by molar-refractivity contribution is 0.0509. The van der Waals surface area contributed by atoms with Crippen LogP contribution in [-0.4, -0.2) is 25.2 Å². The van der Waals surface area contributed by atoms with Gasteiger partial charge in [0.05, 0.1) is 18.8 Å². The molecule has 176 valence electrons. The fourth-order valence-corrected chi connectivity index (χ4v) is 3.50. The van der Waals surface area contributed by atoms with E-state index in [4.69, 9.17) is 14.2 Å². The second kappa shape index (κ2) is 12.2. The quantitative estimate of drug-likeness (QED) is 0.214. The highest BCUT2D eigenvalue weighted by Gasteiger charge is 2.15. The van der Waals surface area contributed by atoms with Crippen LogP contribution in [0.3, 0.4) is 0 Å². The second-order valence-electron chi connectivity index (χ2n) is 7.87. The van der Waals surface area contributed by atoms with Crippen LogP contribution in [-0.2, 0) is 17.6 Å². The molecule has 0 saturated carbocycles. The largest absolute Gasteiger partial charge is 0.492 e. The number of esters is 2. The van der Waals surface area contributed by atoms with Gasteiger partial charge in [0.15, 0.2) is 0 Å². The van der Waals surface area contributed by atoms with Crippen LogP contribution in [0.1, 0.15) is 31.8 Å². The van der Waals surface area contributed by atoms with Gasteiger partial charge in [0.1, 0.15) is 17.1 Å². The van der Waals surface area contributed by atoms with Crippen LogP contribution in [0.2, 0.25) is 0 Å². The highest BCUT2D eigenvalue weighted by Crippen LogP contribution is 2.22. The Labute approximate surface area is 204 Å². The Hall–Kier alpha value is -4.38. The van der Waals surface area contributed by atoms with E-state index in [0.29, 0.717) is 42.3 Å². The maximum absolute atomic E-state index is 12.8. The van der Waals surface area contributed by atoms with Gasteiger partial charge >= 0.3 is 11.9 Å². The van der Waals surface area contributed by atoms with Crippen molar-refractivity contribution in [2.75, 3.05) is 13.2 Å². The van der Waals surface area contributed by atoms with Gasteiger partial charge in [-0.05, 0) is 47.5 Å². The lowest BCUT2D eigenvalue weighted by atomic mass is 10.1. The standard InChI is InChI=1S/C30H26O5/c31-29(34-22-20-24-11-5-2-6-12-24)25-15-17-26(18-16-25)35-30(32)27-13-7-8-14-28(27)33-21-19-23-9-3-1-4-10-23/h1-18H,19-22H2. The Balaban J connectivity index is 1.30. The van der Waals surface area contributed by atoms with Crippen molar-refractivity contribution in [1.29, 1.82) is 0 Å². The van der Waals surface area contributed by atoms with Crippen molar-refractivity contribution in [2.24, 2.45) is 0 Å². The Morgan fingerprint density at radius 3 is 1.80 bits per heavy atom. The summed E-state index contributed by atoms with van der Waals surface area (Å²) in [5.74, 6) is -0.156. The van der Waals surface area contributed by atoms with Gasteiger partial charge in [0, 0.05) is 12.8 Å². The lowest BCUT2D eigenvalue weighted by Crippen LogP contribution is -2.12. The van der Waals surface area contributed by atoms with E-state index in [9.17, 15) is 9.59 Å². The number of carbonyl (C=O) groups excluding carboxylic acids is 2. The molecule has 4 aromatic rings. The second-order valence-corrected chi connectivity index (χ2v) is 7.87. The molecule has 0 atom stereocenters. The van der Waals surface area contributed by atoms with Crippen molar-refractivity contribution in [1.82, 2.24) is 0 Å². The molecule has 0 unspecified atom stereocenters. The number of ether oxygens (including phenoxy) is 3. The minimum atomic E-state index is -0.529. The predicted molar refractivity (Wildman–Crippen MR) is 134 cm³/mol. The van der Waals surface area contributed by atoms with Crippen molar-refractivity contribution < 1.29 is 23.8 Å². The summed E-state index contributed by atoms with van der Waals surface area (Å²) in [4.78, 5) is 25.1. The minimum absolute atomic E-state index is 0.292. The van der Waals surface area contributed by atoms with Crippen LogP contribution in [0.15, 0.2) is 109 Å². The van der Waals surface area contributed by atoms with Gasteiger partial charge in [-0.2, -0.15) is 0 Å². The maximum atomic E-state index is 12.8. The van der Waals surface area contributed by atoms with Crippen LogP contribution in [0.4, 0.5) is 0 Å². The third-order valence-corrected chi connectivity index (χ3v) is 5.37. The van der Waals surface area contributed by atoms with E-state index in [-0.39, 0.29) is 0 Å². The molecular formula is C30H26O5. The summed E-state index contributed by atoms with van der Waals surface area (Å²) < 4.78 is 16.7. The molecule has 0 N–H and O–H groups in total. The maximum Gasteiger partial charge on any atom is 0.347 e. The molecule has 35 heavy (non-hydrogen) atoms. The molecule has 0 fully saturated rings. The number of para-hydroxylation sites is 1. The summed E-state index contributed by atoms with van der Waals surface area (Å²) in [7, 11) is 0. The molecule has 0 amide bonds. The zero-order chi connectivity index (χ0) is 24.3. The molecule has 0 aliphatic carbocycles. The zero-order valence-corrected chi connectivity index (χ0v) is 19.3. The van der Waals surface area contributed by atoms with Crippen LogP contribution in [0.25, 0.3) is 0 Å². The number of hydrogen-bond donors (Lipinski definition) is 0. The van der Waals surface area contributed by atoms with Crippen LogP contribution in [0.5, 0.6) is 11.5 Å². The monoisotopic (exact) mass is 466 g/mol. The minimum Gasteiger partial charge on any atom is -0.492 e. The van der Waals surface area contributed by atoms with E-state index in [0.717, 1.165) is 17.5 Å². The predicted octanol–water partition coefficient (Wildman–Crippen LogP) is 5.93. The van der Waals surface area contributed by atoms with Gasteiger partial charge in [-0.25, -0.2) is 9.59 Å². The third-order valence-electron chi connectivity index (χ3n) is 5.37. The van der Waals surface area contributed by atoms with Crippen LogP contribution < -0.4 is 9.47 Å². The number of rotatable bonds is 10. The normalized spacial score (nSPS) is 10.4. The van der Waals surface area contributed by atoms with Gasteiger partial charge in [-0.1, -0.05) is 72.8 Å². The zero-order valence-electron chi connectivity index (χ0n) is 19.3. The molecule has 0 saturated heterocycles. The summed E-state index contributed by atoms with van der Waals surface area (Å²) in [5, 5.41) is 0. The molecule has 4 aromatic carbocycles. The lowest BCUT2D eigenvalue weighted by Gasteiger charge is -2.11. The summed E-state index contributed by atoms with van der Waals surface area (Å²) in [6.45, 7) is 0.732. The summed E-state index contributed by atoms with van der Waals surface area (Å²) in [6, 6.07) is 33.1. The average molecular weight is 467 g/mol. The summed E-state index contributed by atoms with van der Waals surface area (Å²) in [6.07, 6.45) is 1.38. The fourth-order valence-electron chi connectivity index (χ4n) is 3.50. The van der Waals surface area contributed by atoms with Crippen LogP contribution >= 0.6 is 0 Å². The molecule has 0 bridgehead atoms. The number of benzene rings is 4. The van der Waals surface area contributed by atoms with Gasteiger partial charge in [-0.15, -0.1) is 0 Å². The van der Waals surface area contributed by atoms with E-state index in [1.54, 1.807) is 42.5 Å². The first kappa shape index (κ1) is 23.8. The van der Waals surface area contributed by atoms with Gasteiger partial charge in [-0.3, -0.25) is 0 Å². The summed E-state index contributed by atoms with van der Waals surface area (Å²) >= 11 is 0. The van der Waals surface area contributed by atoms with Gasteiger partial charge in [0.2, 0.25) is 0 Å². The molecule has 0 heterocycles. The van der Waals surface area contributed by atoms with E-state index < -0.39 is 11.9 Å². The molecule has 0 aliphatic heterocycles. The highest BCUT2D eigenvalue weighted by atomic mass is 16.5. The van der Waals surface area contributed by atoms with Crippen molar-refractivity contribution >= 4 is 11.9 Å². The first-order valence-corrected chi connectivity index (χ1v) is 11.5. The average Bonchev–Trinajstić information content (AvgIpc) is 2.90. The number of carbonyl (C=O) groups is 2. The topological polar surface area (TPSA) is 61.8 Å². The highest BCUT2D eigenvalue weighted by molar-refractivity contribution is 5.94. The molecule has 0 aliphatic rings. The molecular weight excluding hydrogens is 440 g/mol. The van der Waals surface area contributed by atoms with Crippen molar-refractivity contribution in [3.63, 3.8) is 0 Å². The first-order valence-electron chi connectivity index (χ1n) is 11.5. The molecule has 0 aromatic heterocycles. The first-order chi connectivity index (χ1) is 17.2. The Morgan fingerprint density at radius 1 is 0.571 bits per heavy atom. The molecule has 5 heteroatoms.